The van der Waals surface area contributed by atoms with Crippen LogP contribution in [0.15, 0.2) is 144 Å². The highest BCUT2D eigenvalue weighted by Crippen LogP contribution is 2.41. The molecule has 0 unspecified atom stereocenters. The van der Waals surface area contributed by atoms with Crippen molar-refractivity contribution in [2.24, 2.45) is 0 Å². The Morgan fingerprint density at radius 1 is 0.425 bits per heavy atom. The first-order valence-corrected chi connectivity index (χ1v) is 13.7. The molecule has 0 bridgehead atoms. The van der Waals surface area contributed by atoms with Gasteiger partial charge >= 0.3 is 0 Å². The molecule has 2 heteroatoms. The fraction of sp³-hybridized carbons (Fsp3) is 0. The number of para-hydroxylation sites is 2. The molecular weight excluding hydrogens is 486 g/mol. The van der Waals surface area contributed by atoms with E-state index in [-0.39, 0.29) is 0 Å². The Morgan fingerprint density at radius 3 is 2.00 bits per heavy atom. The van der Waals surface area contributed by atoms with Gasteiger partial charge in [0.25, 0.3) is 0 Å². The van der Waals surface area contributed by atoms with Gasteiger partial charge in [-0.2, -0.15) is 0 Å². The molecule has 40 heavy (non-hydrogen) atoms. The Bertz CT molecular complexity index is 2420. The summed E-state index contributed by atoms with van der Waals surface area (Å²) in [6, 6.07) is 50.0. The minimum absolute atomic E-state index is 0.900. The molecule has 0 N–H and O–H groups in total. The zero-order valence-corrected chi connectivity index (χ0v) is 21.6. The summed E-state index contributed by atoms with van der Waals surface area (Å²) in [6.07, 6.45) is 0. The molecule has 2 heterocycles. The third-order valence-electron chi connectivity index (χ3n) is 8.38. The third kappa shape index (κ3) is 2.93. The van der Waals surface area contributed by atoms with Gasteiger partial charge in [0, 0.05) is 27.2 Å². The predicted molar refractivity (Wildman–Crippen MR) is 169 cm³/mol. The molecule has 0 atom stereocenters. The van der Waals surface area contributed by atoms with Gasteiger partial charge in [-0.1, -0.05) is 103 Å². The van der Waals surface area contributed by atoms with Gasteiger partial charge in [0.05, 0.1) is 11.0 Å². The zero-order valence-electron chi connectivity index (χ0n) is 21.6. The molecule has 2 nitrogen and oxygen atoms in total. The summed E-state index contributed by atoms with van der Waals surface area (Å²) in [5.74, 6) is 0. The topological polar surface area (TPSA) is 18.1 Å². The number of aromatic nitrogens is 1. The van der Waals surface area contributed by atoms with E-state index in [1.165, 1.54) is 65.6 Å². The van der Waals surface area contributed by atoms with Gasteiger partial charge in [-0.15, -0.1) is 0 Å². The molecule has 186 valence electrons. The molecule has 7 aromatic carbocycles. The highest BCUT2D eigenvalue weighted by Gasteiger charge is 2.16. The number of hydrogen-bond acceptors (Lipinski definition) is 1. The van der Waals surface area contributed by atoms with E-state index in [0.29, 0.717) is 0 Å². The Kier molecular flexibility index (Phi) is 4.36. The molecule has 9 rings (SSSR count). The van der Waals surface area contributed by atoms with Crippen LogP contribution < -0.4 is 0 Å². The molecule has 0 aliphatic heterocycles. The summed E-state index contributed by atoms with van der Waals surface area (Å²) in [7, 11) is 0. The van der Waals surface area contributed by atoms with Crippen LogP contribution in [0.1, 0.15) is 0 Å². The van der Waals surface area contributed by atoms with Crippen molar-refractivity contribution in [3.8, 4) is 16.8 Å². The van der Waals surface area contributed by atoms with E-state index in [1.807, 2.05) is 0 Å². The third-order valence-corrected chi connectivity index (χ3v) is 8.38. The largest absolute Gasteiger partial charge is 0.456 e. The molecule has 9 aromatic rings. The van der Waals surface area contributed by atoms with E-state index in [4.69, 9.17) is 4.42 Å². The van der Waals surface area contributed by atoms with Crippen molar-refractivity contribution in [3.63, 3.8) is 0 Å². The number of nitrogens with zero attached hydrogens (tertiary/aromatic N) is 1. The van der Waals surface area contributed by atoms with Crippen LogP contribution in [-0.4, -0.2) is 4.57 Å². The quantitative estimate of drug-likeness (QED) is 0.227. The Balaban J connectivity index is 1.39. The Labute approximate surface area is 230 Å². The molecule has 0 fully saturated rings. The van der Waals surface area contributed by atoms with E-state index < -0.39 is 0 Å². The van der Waals surface area contributed by atoms with Crippen molar-refractivity contribution < 1.29 is 4.42 Å². The lowest BCUT2D eigenvalue weighted by Crippen LogP contribution is -1.93. The van der Waals surface area contributed by atoms with Crippen molar-refractivity contribution in [1.82, 2.24) is 4.57 Å². The normalized spacial score (nSPS) is 12.0. The lowest BCUT2D eigenvalue weighted by Gasteiger charge is -2.11. The summed E-state index contributed by atoms with van der Waals surface area (Å²) in [5.41, 5.74) is 7.79. The van der Waals surface area contributed by atoms with Gasteiger partial charge < -0.3 is 8.98 Å². The number of rotatable bonds is 2. The van der Waals surface area contributed by atoms with Crippen molar-refractivity contribution in [2.75, 3.05) is 0 Å². The van der Waals surface area contributed by atoms with Crippen LogP contribution in [0.4, 0.5) is 0 Å². The standard InChI is InChI=1S/C38H23NO/c1-2-11-26(12-3-1)39-33-17-5-4-13-28(33)29-20-19-25(23-34(29)39)27-21-22-36-38-30(27)15-8-16-32(38)31-14-6-9-24-10-7-18-35(40-36)37(24)31/h1-23H. The van der Waals surface area contributed by atoms with Crippen LogP contribution in [0.3, 0.4) is 0 Å². The molecule has 0 aliphatic rings. The van der Waals surface area contributed by atoms with E-state index in [0.717, 1.165) is 16.6 Å². The van der Waals surface area contributed by atoms with Gasteiger partial charge in [0.2, 0.25) is 0 Å². The second kappa shape index (κ2) is 8.08. The van der Waals surface area contributed by atoms with Crippen LogP contribution in [-0.2, 0) is 0 Å². The second-order valence-electron chi connectivity index (χ2n) is 10.5. The van der Waals surface area contributed by atoms with Gasteiger partial charge in [0.15, 0.2) is 0 Å². The van der Waals surface area contributed by atoms with Crippen molar-refractivity contribution in [3.05, 3.63) is 140 Å². The van der Waals surface area contributed by atoms with Gasteiger partial charge in [-0.25, -0.2) is 0 Å². The summed E-state index contributed by atoms with van der Waals surface area (Å²) in [4.78, 5) is 0. The first kappa shape index (κ1) is 21.6. The van der Waals surface area contributed by atoms with E-state index >= 15 is 0 Å². The van der Waals surface area contributed by atoms with Gasteiger partial charge in [0.1, 0.15) is 11.2 Å². The zero-order chi connectivity index (χ0) is 26.2. The molecule has 2 aromatic heterocycles. The number of fused-ring (bicyclic) bond motifs is 4. The summed E-state index contributed by atoms with van der Waals surface area (Å²) < 4.78 is 9.00. The fourth-order valence-electron chi connectivity index (χ4n) is 6.66. The maximum Gasteiger partial charge on any atom is 0.135 e. The molecule has 0 radical (unpaired) electrons. The van der Waals surface area contributed by atoms with E-state index in [9.17, 15) is 0 Å². The smallest absolute Gasteiger partial charge is 0.135 e. The Morgan fingerprint density at radius 2 is 1.10 bits per heavy atom. The summed E-state index contributed by atoms with van der Waals surface area (Å²) >= 11 is 0. The molecular formula is C38H23NO. The molecule has 0 amide bonds. The fourth-order valence-corrected chi connectivity index (χ4v) is 6.66. The molecule has 0 aliphatic carbocycles. The maximum atomic E-state index is 6.62. The van der Waals surface area contributed by atoms with Gasteiger partial charge in [-0.3, -0.25) is 0 Å². The minimum Gasteiger partial charge on any atom is -0.456 e. The highest BCUT2D eigenvalue weighted by molar-refractivity contribution is 6.25. The summed E-state index contributed by atoms with van der Waals surface area (Å²) in [6.45, 7) is 0. The van der Waals surface area contributed by atoms with Crippen molar-refractivity contribution >= 4 is 65.3 Å². The highest BCUT2D eigenvalue weighted by atomic mass is 16.3. The van der Waals surface area contributed by atoms with Crippen molar-refractivity contribution in [1.29, 1.82) is 0 Å². The van der Waals surface area contributed by atoms with Crippen LogP contribution in [0.25, 0.3) is 82.1 Å². The molecule has 0 saturated carbocycles. The number of benzene rings is 7. The lowest BCUT2D eigenvalue weighted by atomic mass is 9.94. The maximum absolute atomic E-state index is 6.62. The first-order chi connectivity index (χ1) is 19.8. The van der Waals surface area contributed by atoms with Crippen molar-refractivity contribution in [2.45, 2.75) is 0 Å². The minimum atomic E-state index is 0.900. The van der Waals surface area contributed by atoms with Crippen LogP contribution in [0, 0.1) is 0 Å². The van der Waals surface area contributed by atoms with E-state index in [2.05, 4.69) is 144 Å². The predicted octanol–water partition coefficient (Wildman–Crippen LogP) is 10.7. The monoisotopic (exact) mass is 509 g/mol. The SMILES string of the molecule is c1ccc(-n2c3ccccc3c3ccc(-c4ccc5oc6cccc7cccc(c8cccc4c58)c76)cc32)cc1. The summed E-state index contributed by atoms with van der Waals surface area (Å²) in [5, 5.41) is 9.67. The average Bonchev–Trinajstić information content (AvgIpc) is 3.27. The van der Waals surface area contributed by atoms with Gasteiger partial charge in [-0.05, 0) is 69.1 Å². The molecule has 0 spiro atoms. The Hall–Kier alpha value is -5.34. The number of hydrogen-bond donors (Lipinski definition) is 0. The lowest BCUT2D eigenvalue weighted by molar-refractivity contribution is 0.664. The van der Waals surface area contributed by atoms with E-state index in [1.54, 1.807) is 0 Å². The second-order valence-corrected chi connectivity index (χ2v) is 10.5. The van der Waals surface area contributed by atoms with Crippen LogP contribution in [0.2, 0.25) is 0 Å². The van der Waals surface area contributed by atoms with Crippen LogP contribution in [0.5, 0.6) is 0 Å². The molecule has 0 saturated heterocycles. The van der Waals surface area contributed by atoms with Crippen LogP contribution >= 0.6 is 0 Å². The first-order valence-electron chi connectivity index (χ1n) is 13.7. The average molecular weight is 510 g/mol.